The fraction of sp³-hybridized carbons (Fsp3) is 0.370. The van der Waals surface area contributed by atoms with E-state index >= 15 is 0 Å². The molecule has 3 aromatic rings. The van der Waals surface area contributed by atoms with E-state index < -0.39 is 13.0 Å². The highest BCUT2D eigenvalue weighted by Crippen LogP contribution is 2.50. The number of ether oxygens (including phenoxy) is 2. The molecule has 1 fully saturated rings. The number of amides is 1. The molecule has 5 rings (SSSR count). The zero-order valence-electron chi connectivity index (χ0n) is 21.6. The molecule has 1 amide bonds. The van der Waals surface area contributed by atoms with Gasteiger partial charge in [0.25, 0.3) is 5.91 Å². The average molecular weight is 502 g/mol. The van der Waals surface area contributed by atoms with Gasteiger partial charge in [0.1, 0.15) is 11.4 Å². The Bertz CT molecular complexity index is 1320. The lowest BCUT2D eigenvalue weighted by molar-refractivity contribution is 0.0517. The molecule has 1 aliphatic heterocycles. The third-order valence-corrected chi connectivity index (χ3v) is 7.48. The Morgan fingerprint density at radius 2 is 1.78 bits per heavy atom. The molecule has 2 aromatic carbocycles. The van der Waals surface area contributed by atoms with Crippen LogP contribution in [0.5, 0.6) is 5.75 Å². The minimum absolute atomic E-state index is 0.159. The maximum absolute atomic E-state index is 13.9. The van der Waals surface area contributed by atoms with E-state index in [0.717, 1.165) is 24.1 Å². The van der Waals surface area contributed by atoms with Crippen LogP contribution in [0.15, 0.2) is 48.5 Å². The van der Waals surface area contributed by atoms with Gasteiger partial charge in [-0.1, -0.05) is 12.1 Å². The Balaban J connectivity index is 1.50. The molecule has 0 saturated heterocycles. The van der Waals surface area contributed by atoms with E-state index in [0.29, 0.717) is 35.7 Å². The third-order valence-electron chi connectivity index (χ3n) is 7.48. The zero-order chi connectivity index (χ0) is 26.3. The molecular formula is C27H31BN4O5. The van der Waals surface area contributed by atoms with Gasteiger partial charge < -0.3 is 24.2 Å². The quantitative estimate of drug-likeness (QED) is 0.373. The summed E-state index contributed by atoms with van der Waals surface area (Å²) < 4.78 is 12.0. The number of rotatable bonds is 8. The van der Waals surface area contributed by atoms with Crippen LogP contribution < -0.4 is 9.64 Å². The van der Waals surface area contributed by atoms with Crippen LogP contribution in [-0.2, 0) is 16.7 Å². The highest BCUT2D eigenvalue weighted by molar-refractivity contribution is 6.45. The Hall–Kier alpha value is -3.63. The van der Waals surface area contributed by atoms with E-state index in [4.69, 9.17) is 9.47 Å². The van der Waals surface area contributed by atoms with Crippen molar-refractivity contribution in [1.29, 1.82) is 0 Å². The molecule has 0 spiro atoms. The topological polar surface area (TPSA) is 97.1 Å². The summed E-state index contributed by atoms with van der Waals surface area (Å²) in [5, 5.41) is 14.6. The number of fused-ring (bicyclic) bond motifs is 1. The van der Waals surface area contributed by atoms with E-state index in [2.05, 4.69) is 5.10 Å². The second-order valence-corrected chi connectivity index (χ2v) is 9.53. The summed E-state index contributed by atoms with van der Waals surface area (Å²) in [5.41, 5.74) is 3.52. The number of methoxy groups -OCH3 is 1. The van der Waals surface area contributed by atoms with Gasteiger partial charge in [-0.2, -0.15) is 5.10 Å². The average Bonchev–Trinajstić information content (AvgIpc) is 3.62. The Morgan fingerprint density at radius 1 is 1.14 bits per heavy atom. The molecule has 192 valence electrons. The number of benzene rings is 2. The molecule has 0 radical (unpaired) electrons. The van der Waals surface area contributed by atoms with Gasteiger partial charge in [0, 0.05) is 23.3 Å². The Labute approximate surface area is 216 Å². The number of carbonyl (C=O) groups is 2. The fourth-order valence-electron chi connectivity index (χ4n) is 5.15. The SMILES string of the molecule is CCOC(=O)c1nn(-c2ccc(OC)cc2)c2c1CCN(c1ccc(C3(N(C)B(C)O)CC3)cc1)C2=O. The van der Waals surface area contributed by atoms with Crippen LogP contribution >= 0.6 is 0 Å². The standard InChI is InChI=1S/C27H31BN4O5/c1-5-37-26(34)23-22-14-17-31(19-8-6-18(7-9-19)27(15-16-27)30(3)28(2)35)25(33)24(22)32(29-23)20-10-12-21(36-4)13-11-20/h6-13,35H,5,14-17H2,1-4H3. The van der Waals surface area contributed by atoms with Crippen molar-refractivity contribution in [2.24, 2.45) is 0 Å². The van der Waals surface area contributed by atoms with Crippen molar-refractivity contribution in [3.8, 4) is 11.4 Å². The lowest BCUT2D eigenvalue weighted by Crippen LogP contribution is -2.42. The number of nitrogens with zero attached hydrogens (tertiary/aromatic N) is 4. The number of carbonyl (C=O) groups excluding carboxylic acids is 2. The molecule has 1 N–H and O–H groups in total. The number of hydrogen-bond donors (Lipinski definition) is 1. The normalized spacial score (nSPS) is 15.9. The van der Waals surface area contributed by atoms with Crippen molar-refractivity contribution >= 4 is 24.6 Å². The molecule has 1 aliphatic carbocycles. The van der Waals surface area contributed by atoms with E-state index in [9.17, 15) is 14.6 Å². The summed E-state index contributed by atoms with van der Waals surface area (Å²) in [6.07, 6.45) is 2.44. The first-order valence-electron chi connectivity index (χ1n) is 12.6. The number of esters is 1. The van der Waals surface area contributed by atoms with E-state index in [1.807, 2.05) is 36.1 Å². The van der Waals surface area contributed by atoms with Crippen molar-refractivity contribution in [2.45, 2.75) is 38.5 Å². The largest absolute Gasteiger partial charge is 0.497 e. The fourth-order valence-corrected chi connectivity index (χ4v) is 5.15. The van der Waals surface area contributed by atoms with Gasteiger partial charge in [0.15, 0.2) is 5.69 Å². The molecule has 10 heteroatoms. The van der Waals surface area contributed by atoms with Crippen LogP contribution in [0.3, 0.4) is 0 Å². The lowest BCUT2D eigenvalue weighted by Gasteiger charge is -2.31. The summed E-state index contributed by atoms with van der Waals surface area (Å²) in [4.78, 5) is 30.3. The maximum atomic E-state index is 13.9. The lowest BCUT2D eigenvalue weighted by atomic mass is 9.81. The number of anilines is 1. The van der Waals surface area contributed by atoms with Gasteiger partial charge in [0.2, 0.25) is 0 Å². The van der Waals surface area contributed by atoms with Crippen molar-refractivity contribution in [3.05, 3.63) is 71.0 Å². The smallest absolute Gasteiger partial charge is 0.376 e. The van der Waals surface area contributed by atoms with Crippen LogP contribution in [0.25, 0.3) is 5.69 Å². The Morgan fingerprint density at radius 3 is 2.35 bits per heavy atom. The summed E-state index contributed by atoms with van der Waals surface area (Å²) in [6.45, 7) is 4.16. The monoisotopic (exact) mass is 502 g/mol. The van der Waals surface area contributed by atoms with Crippen molar-refractivity contribution in [2.75, 3.05) is 32.2 Å². The maximum Gasteiger partial charge on any atom is 0.376 e. The van der Waals surface area contributed by atoms with Gasteiger partial charge in [-0.25, -0.2) is 9.48 Å². The van der Waals surface area contributed by atoms with Gasteiger partial charge >= 0.3 is 13.0 Å². The van der Waals surface area contributed by atoms with E-state index in [-0.39, 0.29) is 23.7 Å². The van der Waals surface area contributed by atoms with Crippen LogP contribution in [0.4, 0.5) is 5.69 Å². The molecule has 2 heterocycles. The number of hydrogen-bond acceptors (Lipinski definition) is 7. The molecule has 37 heavy (non-hydrogen) atoms. The molecule has 1 aromatic heterocycles. The van der Waals surface area contributed by atoms with Crippen molar-refractivity contribution in [3.63, 3.8) is 0 Å². The molecule has 2 aliphatic rings. The van der Waals surface area contributed by atoms with Crippen molar-refractivity contribution in [1.82, 2.24) is 14.6 Å². The molecule has 0 bridgehead atoms. The highest BCUT2D eigenvalue weighted by Gasteiger charge is 2.49. The molecule has 1 saturated carbocycles. The van der Waals surface area contributed by atoms with Crippen LogP contribution in [-0.4, -0.2) is 65.9 Å². The molecule has 9 nitrogen and oxygen atoms in total. The minimum Gasteiger partial charge on any atom is -0.497 e. The molecule has 0 unspecified atom stereocenters. The van der Waals surface area contributed by atoms with E-state index in [1.54, 1.807) is 50.0 Å². The predicted octanol–water partition coefficient (Wildman–Crippen LogP) is 3.29. The van der Waals surface area contributed by atoms with Crippen molar-refractivity contribution < 1.29 is 24.1 Å². The summed E-state index contributed by atoms with van der Waals surface area (Å²) in [6, 6.07) is 15.2. The first kappa shape index (κ1) is 25.0. The third kappa shape index (κ3) is 4.30. The van der Waals surface area contributed by atoms with Crippen LogP contribution in [0.2, 0.25) is 6.82 Å². The molecular weight excluding hydrogens is 471 g/mol. The first-order valence-corrected chi connectivity index (χ1v) is 12.6. The van der Waals surface area contributed by atoms with Gasteiger partial charge in [-0.05, 0) is 82.0 Å². The summed E-state index contributed by atoms with van der Waals surface area (Å²) >= 11 is 0. The van der Waals surface area contributed by atoms with Gasteiger partial charge in [0.05, 0.1) is 19.4 Å². The zero-order valence-corrected chi connectivity index (χ0v) is 21.6. The van der Waals surface area contributed by atoms with E-state index in [1.165, 1.54) is 4.68 Å². The highest BCUT2D eigenvalue weighted by atomic mass is 16.5. The van der Waals surface area contributed by atoms with Gasteiger partial charge in [-0.15, -0.1) is 0 Å². The summed E-state index contributed by atoms with van der Waals surface area (Å²) in [5.74, 6) is -0.0817. The minimum atomic E-state index is -0.545. The van der Waals surface area contributed by atoms with Gasteiger partial charge in [-0.3, -0.25) is 4.79 Å². The number of aromatic nitrogens is 2. The Kier molecular flexibility index (Phi) is 6.55. The van der Waals surface area contributed by atoms with Crippen LogP contribution in [0.1, 0.15) is 51.9 Å². The second kappa shape index (κ2) is 9.68. The molecule has 0 atom stereocenters. The summed E-state index contributed by atoms with van der Waals surface area (Å²) in [7, 11) is 2.98. The predicted molar refractivity (Wildman–Crippen MR) is 140 cm³/mol. The first-order chi connectivity index (χ1) is 17.8. The van der Waals surface area contributed by atoms with Crippen LogP contribution in [0, 0.1) is 0 Å². The second-order valence-electron chi connectivity index (χ2n) is 9.53.